The lowest BCUT2D eigenvalue weighted by Gasteiger charge is -2.33. The Morgan fingerprint density at radius 3 is 1.90 bits per heavy atom. The number of aromatic nitrogens is 1. The van der Waals surface area contributed by atoms with Crippen LogP contribution in [0.2, 0.25) is 0 Å². The standard InChI is InChI=1S/C39H26N2/c1-2-11-31-29(9-1)30-10-3-4-14-34(30)39-35(31)23-27-18-17-26(24-36(27)40-39)25-19-21-28(22-20-25)41-37-15-7-5-12-32(37)33-13-6-8-16-38(33)41/h1-22,24,35H,23H2. The van der Waals surface area contributed by atoms with Gasteiger partial charge in [0.05, 0.1) is 22.4 Å². The van der Waals surface area contributed by atoms with Gasteiger partial charge in [-0.25, -0.2) is 0 Å². The average molecular weight is 523 g/mol. The van der Waals surface area contributed by atoms with E-state index in [4.69, 9.17) is 4.99 Å². The predicted octanol–water partition coefficient (Wildman–Crippen LogP) is 9.89. The number of fused-ring (bicyclic) bond motifs is 10. The Kier molecular flexibility index (Phi) is 4.76. The fourth-order valence-corrected chi connectivity index (χ4v) is 7.04. The highest BCUT2D eigenvalue weighted by Crippen LogP contribution is 2.46. The van der Waals surface area contributed by atoms with Crippen LogP contribution in [0.3, 0.4) is 0 Å². The van der Waals surface area contributed by atoms with Crippen molar-refractivity contribution in [3.63, 3.8) is 0 Å². The van der Waals surface area contributed by atoms with Gasteiger partial charge in [0, 0.05) is 27.9 Å². The Morgan fingerprint density at radius 2 is 1.15 bits per heavy atom. The van der Waals surface area contributed by atoms with Gasteiger partial charge in [-0.2, -0.15) is 0 Å². The van der Waals surface area contributed by atoms with Crippen LogP contribution in [0.5, 0.6) is 0 Å². The molecule has 0 N–H and O–H groups in total. The van der Waals surface area contributed by atoms with Crippen LogP contribution >= 0.6 is 0 Å². The minimum Gasteiger partial charge on any atom is -0.309 e. The quantitative estimate of drug-likeness (QED) is 0.215. The van der Waals surface area contributed by atoms with E-state index in [0.29, 0.717) is 5.92 Å². The second kappa shape index (κ2) is 8.64. The molecule has 1 unspecified atom stereocenters. The predicted molar refractivity (Wildman–Crippen MR) is 171 cm³/mol. The second-order valence-corrected chi connectivity index (χ2v) is 11.1. The molecule has 0 saturated carbocycles. The zero-order valence-electron chi connectivity index (χ0n) is 22.5. The van der Waals surface area contributed by atoms with Crippen molar-refractivity contribution < 1.29 is 0 Å². The summed E-state index contributed by atoms with van der Waals surface area (Å²) in [7, 11) is 0. The van der Waals surface area contributed by atoms with Gasteiger partial charge in [-0.15, -0.1) is 0 Å². The van der Waals surface area contributed by atoms with Crippen LogP contribution in [0.15, 0.2) is 145 Å². The van der Waals surface area contributed by atoms with Crippen LogP contribution < -0.4 is 0 Å². The number of rotatable bonds is 2. The van der Waals surface area contributed by atoms with Gasteiger partial charge in [0.2, 0.25) is 0 Å². The molecule has 1 aromatic heterocycles. The SMILES string of the molecule is c1ccc2c(c1)C1=Nc3cc(-c4ccc(-n5c6ccccc6c6ccccc65)cc4)ccc3CC1c1ccccc1-2. The zero-order valence-corrected chi connectivity index (χ0v) is 22.5. The molecule has 1 aliphatic carbocycles. The van der Waals surface area contributed by atoms with Crippen LogP contribution in [-0.2, 0) is 6.42 Å². The van der Waals surface area contributed by atoms with Crippen LogP contribution in [0.1, 0.15) is 22.6 Å². The van der Waals surface area contributed by atoms with Crippen molar-refractivity contribution in [1.29, 1.82) is 0 Å². The first-order valence-electron chi connectivity index (χ1n) is 14.3. The topological polar surface area (TPSA) is 17.3 Å². The van der Waals surface area contributed by atoms with Gasteiger partial charge in [-0.05, 0) is 70.1 Å². The lowest BCUT2D eigenvalue weighted by Crippen LogP contribution is -2.24. The summed E-state index contributed by atoms with van der Waals surface area (Å²) >= 11 is 0. The van der Waals surface area contributed by atoms with Crippen molar-refractivity contribution in [2.24, 2.45) is 4.99 Å². The highest BCUT2D eigenvalue weighted by Gasteiger charge is 2.33. The molecule has 1 aliphatic heterocycles. The van der Waals surface area contributed by atoms with E-state index in [1.165, 1.54) is 72.1 Å². The van der Waals surface area contributed by atoms with Crippen LogP contribution in [0.4, 0.5) is 5.69 Å². The zero-order chi connectivity index (χ0) is 26.9. The van der Waals surface area contributed by atoms with E-state index in [1.54, 1.807) is 0 Å². The molecular formula is C39H26N2. The number of benzene rings is 6. The van der Waals surface area contributed by atoms with Crippen molar-refractivity contribution in [3.05, 3.63) is 156 Å². The largest absolute Gasteiger partial charge is 0.309 e. The molecule has 2 heterocycles. The third-order valence-electron chi connectivity index (χ3n) is 8.95. The fraction of sp³-hybridized carbons (Fsp3) is 0.0513. The van der Waals surface area contributed by atoms with E-state index in [9.17, 15) is 0 Å². The number of hydrogen-bond donors (Lipinski definition) is 0. The van der Waals surface area contributed by atoms with Gasteiger partial charge in [-0.3, -0.25) is 4.99 Å². The maximum atomic E-state index is 5.33. The molecule has 0 saturated heterocycles. The lowest BCUT2D eigenvalue weighted by atomic mass is 9.73. The summed E-state index contributed by atoms with van der Waals surface area (Å²) < 4.78 is 2.37. The number of aliphatic imine (C=N–C) groups is 1. The molecule has 2 aliphatic rings. The second-order valence-electron chi connectivity index (χ2n) is 11.1. The summed E-state index contributed by atoms with van der Waals surface area (Å²) in [6, 6.07) is 50.7. The van der Waals surface area contributed by atoms with Crippen molar-refractivity contribution in [1.82, 2.24) is 4.57 Å². The van der Waals surface area contributed by atoms with Crippen LogP contribution in [-0.4, -0.2) is 10.3 Å². The summed E-state index contributed by atoms with van der Waals surface area (Å²) in [5.41, 5.74) is 14.9. The molecule has 0 spiro atoms. The van der Waals surface area contributed by atoms with Crippen LogP contribution in [0, 0.1) is 0 Å². The van der Waals surface area contributed by atoms with E-state index in [1.807, 2.05) is 0 Å². The molecule has 0 bridgehead atoms. The lowest BCUT2D eigenvalue weighted by molar-refractivity contribution is 0.855. The highest BCUT2D eigenvalue weighted by molar-refractivity contribution is 6.15. The van der Waals surface area contributed by atoms with Crippen molar-refractivity contribution in [2.75, 3.05) is 0 Å². The molecule has 9 rings (SSSR count). The molecule has 1 atom stereocenters. The van der Waals surface area contributed by atoms with Gasteiger partial charge in [0.1, 0.15) is 0 Å². The average Bonchev–Trinajstić information content (AvgIpc) is 3.38. The summed E-state index contributed by atoms with van der Waals surface area (Å²) in [4.78, 5) is 5.33. The van der Waals surface area contributed by atoms with E-state index < -0.39 is 0 Å². The summed E-state index contributed by atoms with van der Waals surface area (Å²) in [5.74, 6) is 0.296. The first-order chi connectivity index (χ1) is 20.3. The molecule has 2 heteroatoms. The Bertz CT molecular complexity index is 2130. The molecule has 7 aromatic rings. The van der Waals surface area contributed by atoms with Gasteiger partial charge in [0.25, 0.3) is 0 Å². The fourth-order valence-electron chi connectivity index (χ4n) is 7.04. The maximum absolute atomic E-state index is 5.33. The Balaban J connectivity index is 1.13. The molecule has 0 fully saturated rings. The smallest absolute Gasteiger partial charge is 0.0671 e. The molecule has 41 heavy (non-hydrogen) atoms. The molecule has 0 amide bonds. The molecule has 192 valence electrons. The number of hydrogen-bond acceptors (Lipinski definition) is 1. The highest BCUT2D eigenvalue weighted by atomic mass is 15.0. The number of nitrogens with zero attached hydrogens (tertiary/aromatic N) is 2. The molecule has 0 radical (unpaired) electrons. The van der Waals surface area contributed by atoms with E-state index >= 15 is 0 Å². The monoisotopic (exact) mass is 522 g/mol. The van der Waals surface area contributed by atoms with E-state index in [0.717, 1.165) is 12.1 Å². The van der Waals surface area contributed by atoms with Gasteiger partial charge >= 0.3 is 0 Å². The van der Waals surface area contributed by atoms with Crippen molar-refractivity contribution in [3.8, 4) is 27.9 Å². The first-order valence-corrected chi connectivity index (χ1v) is 14.3. The first kappa shape index (κ1) is 22.6. The van der Waals surface area contributed by atoms with Gasteiger partial charge in [-0.1, -0.05) is 109 Å². The summed E-state index contributed by atoms with van der Waals surface area (Å²) in [6.07, 6.45) is 0.979. The third kappa shape index (κ3) is 3.34. The van der Waals surface area contributed by atoms with Gasteiger partial charge < -0.3 is 4.57 Å². The van der Waals surface area contributed by atoms with Gasteiger partial charge in [0.15, 0.2) is 0 Å². The van der Waals surface area contributed by atoms with E-state index in [-0.39, 0.29) is 0 Å². The maximum Gasteiger partial charge on any atom is 0.0671 e. The van der Waals surface area contributed by atoms with Crippen LogP contribution in [0.25, 0.3) is 49.7 Å². The minimum atomic E-state index is 0.296. The molecule has 2 nitrogen and oxygen atoms in total. The van der Waals surface area contributed by atoms with E-state index in [2.05, 4.69) is 144 Å². The Labute approximate surface area is 238 Å². The Hall–Kier alpha value is -5.21. The third-order valence-corrected chi connectivity index (χ3v) is 8.95. The minimum absolute atomic E-state index is 0.296. The number of para-hydroxylation sites is 2. The Morgan fingerprint density at radius 1 is 0.537 bits per heavy atom. The summed E-state index contributed by atoms with van der Waals surface area (Å²) in [5, 5.41) is 2.57. The molecule has 6 aromatic carbocycles. The summed E-state index contributed by atoms with van der Waals surface area (Å²) in [6.45, 7) is 0. The van der Waals surface area contributed by atoms with Crippen molar-refractivity contribution >= 4 is 33.2 Å². The molecular weight excluding hydrogens is 496 g/mol. The van der Waals surface area contributed by atoms with Crippen molar-refractivity contribution in [2.45, 2.75) is 12.3 Å². The normalized spacial score (nSPS) is 15.1.